The molecular weight excluding hydrogens is 136 g/mol. The third-order valence-corrected chi connectivity index (χ3v) is 3.28. The quantitative estimate of drug-likeness (QED) is 0.413. The second-order valence-corrected chi connectivity index (χ2v) is 4.16. The SMILES string of the molecule is C[C@]1(C=O)C[C@@H]2C=C[C@H]1CC2. The molecule has 3 aliphatic carbocycles. The first kappa shape index (κ1) is 7.08. The van der Waals surface area contributed by atoms with Crippen LogP contribution in [0, 0.1) is 17.3 Å². The number of hydrogen-bond donors (Lipinski definition) is 0. The Hall–Kier alpha value is -0.590. The fourth-order valence-electron chi connectivity index (χ4n) is 2.45. The van der Waals surface area contributed by atoms with Gasteiger partial charge in [0.2, 0.25) is 0 Å². The Morgan fingerprint density at radius 1 is 1.45 bits per heavy atom. The molecule has 3 atom stereocenters. The molecule has 60 valence electrons. The van der Waals surface area contributed by atoms with Gasteiger partial charge in [0.1, 0.15) is 6.29 Å². The molecule has 0 amide bonds. The van der Waals surface area contributed by atoms with Crippen molar-refractivity contribution in [2.75, 3.05) is 0 Å². The number of allylic oxidation sites excluding steroid dienone is 2. The van der Waals surface area contributed by atoms with Gasteiger partial charge in [-0.25, -0.2) is 0 Å². The van der Waals surface area contributed by atoms with Gasteiger partial charge in [-0.05, 0) is 31.1 Å². The summed E-state index contributed by atoms with van der Waals surface area (Å²) in [5.74, 6) is 1.22. The van der Waals surface area contributed by atoms with E-state index in [1.165, 1.54) is 12.8 Å². The number of fused-ring (bicyclic) bond motifs is 2. The van der Waals surface area contributed by atoms with E-state index in [-0.39, 0.29) is 5.41 Å². The van der Waals surface area contributed by atoms with E-state index in [9.17, 15) is 4.79 Å². The van der Waals surface area contributed by atoms with E-state index in [4.69, 9.17) is 0 Å². The average Bonchev–Trinajstić information content (AvgIpc) is 2.06. The predicted octanol–water partition coefficient (Wildman–Crippen LogP) is 2.18. The molecule has 3 aliphatic rings. The molecular formula is C10H14O. The number of hydrogen-bond acceptors (Lipinski definition) is 1. The van der Waals surface area contributed by atoms with Gasteiger partial charge in [-0.1, -0.05) is 19.1 Å². The van der Waals surface area contributed by atoms with E-state index in [0.29, 0.717) is 11.8 Å². The van der Waals surface area contributed by atoms with E-state index in [2.05, 4.69) is 19.1 Å². The van der Waals surface area contributed by atoms with Crippen LogP contribution in [0.3, 0.4) is 0 Å². The molecule has 0 aromatic carbocycles. The minimum absolute atomic E-state index is 0.0301. The second kappa shape index (κ2) is 2.20. The molecule has 1 fully saturated rings. The van der Waals surface area contributed by atoms with Gasteiger partial charge >= 0.3 is 0 Å². The normalized spacial score (nSPS) is 47.7. The monoisotopic (exact) mass is 150 g/mol. The fourth-order valence-corrected chi connectivity index (χ4v) is 2.45. The van der Waals surface area contributed by atoms with E-state index in [0.717, 1.165) is 12.7 Å². The summed E-state index contributed by atoms with van der Waals surface area (Å²) in [5, 5.41) is 0. The zero-order valence-electron chi connectivity index (χ0n) is 6.92. The van der Waals surface area contributed by atoms with Gasteiger partial charge in [-0.3, -0.25) is 0 Å². The molecule has 0 N–H and O–H groups in total. The molecule has 0 saturated heterocycles. The highest BCUT2D eigenvalue weighted by molar-refractivity contribution is 5.61. The molecule has 2 bridgehead atoms. The highest BCUT2D eigenvalue weighted by atomic mass is 16.1. The topological polar surface area (TPSA) is 17.1 Å². The summed E-state index contributed by atoms with van der Waals surface area (Å²) in [7, 11) is 0. The van der Waals surface area contributed by atoms with Crippen LogP contribution in [0.2, 0.25) is 0 Å². The first-order valence-electron chi connectivity index (χ1n) is 4.39. The lowest BCUT2D eigenvalue weighted by molar-refractivity contribution is -0.119. The second-order valence-electron chi connectivity index (χ2n) is 4.16. The summed E-state index contributed by atoms with van der Waals surface area (Å²) >= 11 is 0. The molecule has 0 aromatic heterocycles. The number of carbonyl (C=O) groups excluding carboxylic acids is 1. The molecule has 0 spiro atoms. The van der Waals surface area contributed by atoms with Crippen LogP contribution >= 0.6 is 0 Å². The lowest BCUT2D eigenvalue weighted by atomic mass is 9.61. The van der Waals surface area contributed by atoms with Crippen molar-refractivity contribution in [3.63, 3.8) is 0 Å². The average molecular weight is 150 g/mol. The Kier molecular flexibility index (Phi) is 1.41. The summed E-state index contributed by atoms with van der Waals surface area (Å²) in [5.41, 5.74) is -0.0301. The van der Waals surface area contributed by atoms with Crippen molar-refractivity contribution in [2.24, 2.45) is 17.3 Å². The fraction of sp³-hybridized carbons (Fsp3) is 0.700. The van der Waals surface area contributed by atoms with Crippen LogP contribution in [0.25, 0.3) is 0 Å². The van der Waals surface area contributed by atoms with Crippen molar-refractivity contribution in [3.8, 4) is 0 Å². The van der Waals surface area contributed by atoms with Crippen LogP contribution in [0.15, 0.2) is 12.2 Å². The van der Waals surface area contributed by atoms with Crippen molar-refractivity contribution >= 4 is 6.29 Å². The number of aldehydes is 1. The molecule has 0 heterocycles. The lowest BCUT2D eigenvalue weighted by Crippen LogP contribution is -2.37. The first-order chi connectivity index (χ1) is 5.24. The molecule has 0 radical (unpaired) electrons. The standard InChI is InChI=1S/C10H14O/c1-10(7-11)6-8-2-4-9(10)5-3-8/h2,4,7-9H,3,5-6H2,1H3/t8-,9+,10-/m1/s1. The Labute approximate surface area is 67.5 Å². The predicted molar refractivity (Wildman–Crippen MR) is 44.1 cm³/mol. The van der Waals surface area contributed by atoms with E-state index in [1.807, 2.05) is 0 Å². The summed E-state index contributed by atoms with van der Waals surface area (Å²) in [6.45, 7) is 2.10. The summed E-state index contributed by atoms with van der Waals surface area (Å²) < 4.78 is 0. The largest absolute Gasteiger partial charge is 0.303 e. The van der Waals surface area contributed by atoms with Crippen molar-refractivity contribution in [3.05, 3.63) is 12.2 Å². The lowest BCUT2D eigenvalue weighted by Gasteiger charge is -2.42. The maximum atomic E-state index is 10.8. The zero-order valence-corrected chi connectivity index (χ0v) is 6.92. The van der Waals surface area contributed by atoms with Gasteiger partial charge in [0.05, 0.1) is 0 Å². The first-order valence-corrected chi connectivity index (χ1v) is 4.39. The van der Waals surface area contributed by atoms with Crippen LogP contribution < -0.4 is 0 Å². The van der Waals surface area contributed by atoms with E-state index < -0.39 is 0 Å². The van der Waals surface area contributed by atoms with Crippen molar-refractivity contribution in [1.29, 1.82) is 0 Å². The summed E-state index contributed by atoms with van der Waals surface area (Å²) in [4.78, 5) is 10.8. The molecule has 0 aliphatic heterocycles. The highest BCUT2D eigenvalue weighted by Gasteiger charge is 2.40. The Morgan fingerprint density at radius 2 is 2.27 bits per heavy atom. The van der Waals surface area contributed by atoms with Gasteiger partial charge in [0.15, 0.2) is 0 Å². The molecule has 0 aromatic rings. The Balaban J connectivity index is 2.29. The van der Waals surface area contributed by atoms with Crippen LogP contribution in [-0.4, -0.2) is 6.29 Å². The minimum Gasteiger partial charge on any atom is -0.303 e. The van der Waals surface area contributed by atoms with E-state index >= 15 is 0 Å². The van der Waals surface area contributed by atoms with Gasteiger partial charge in [0, 0.05) is 5.41 Å². The third-order valence-electron chi connectivity index (χ3n) is 3.28. The van der Waals surface area contributed by atoms with Gasteiger partial charge in [-0.2, -0.15) is 0 Å². The maximum absolute atomic E-state index is 10.8. The number of carbonyl (C=O) groups is 1. The van der Waals surface area contributed by atoms with Crippen LogP contribution in [0.4, 0.5) is 0 Å². The molecule has 11 heavy (non-hydrogen) atoms. The molecule has 1 nitrogen and oxygen atoms in total. The Morgan fingerprint density at radius 3 is 2.55 bits per heavy atom. The van der Waals surface area contributed by atoms with Gasteiger partial charge < -0.3 is 4.79 Å². The summed E-state index contributed by atoms with van der Waals surface area (Å²) in [6.07, 6.45) is 9.29. The Bertz CT molecular complexity index is 207. The van der Waals surface area contributed by atoms with E-state index in [1.54, 1.807) is 0 Å². The molecule has 0 unspecified atom stereocenters. The van der Waals surface area contributed by atoms with Crippen molar-refractivity contribution < 1.29 is 4.79 Å². The van der Waals surface area contributed by atoms with Gasteiger partial charge in [-0.15, -0.1) is 0 Å². The summed E-state index contributed by atoms with van der Waals surface area (Å²) in [6, 6.07) is 0. The minimum atomic E-state index is -0.0301. The zero-order chi connectivity index (χ0) is 7.90. The van der Waals surface area contributed by atoms with Crippen LogP contribution in [0.1, 0.15) is 26.2 Å². The van der Waals surface area contributed by atoms with Crippen molar-refractivity contribution in [1.82, 2.24) is 0 Å². The van der Waals surface area contributed by atoms with Crippen molar-refractivity contribution in [2.45, 2.75) is 26.2 Å². The van der Waals surface area contributed by atoms with Gasteiger partial charge in [0.25, 0.3) is 0 Å². The van der Waals surface area contributed by atoms with Crippen LogP contribution in [0.5, 0.6) is 0 Å². The molecule has 1 heteroatoms. The molecule has 3 rings (SSSR count). The van der Waals surface area contributed by atoms with Crippen LogP contribution in [-0.2, 0) is 4.79 Å². The third kappa shape index (κ3) is 0.943. The maximum Gasteiger partial charge on any atom is 0.126 e. The smallest absolute Gasteiger partial charge is 0.126 e. The highest BCUT2D eigenvalue weighted by Crippen LogP contribution is 2.47. The molecule has 1 saturated carbocycles. The number of rotatable bonds is 1.